The molecule has 2 aromatic rings. The average molecular weight is 275 g/mol. The van der Waals surface area contributed by atoms with Gasteiger partial charge in [0.25, 0.3) is 5.56 Å². The molecular formula is C13H13N3O2S. The number of hydrogen-bond donors (Lipinski definition) is 1. The third kappa shape index (κ3) is 2.97. The van der Waals surface area contributed by atoms with E-state index in [1.807, 2.05) is 24.3 Å². The molecule has 2 rings (SSSR count). The van der Waals surface area contributed by atoms with Crippen LogP contribution in [0.3, 0.4) is 0 Å². The van der Waals surface area contributed by atoms with Crippen LogP contribution in [-0.4, -0.2) is 21.9 Å². The van der Waals surface area contributed by atoms with Gasteiger partial charge >= 0.3 is 0 Å². The van der Waals surface area contributed by atoms with E-state index in [9.17, 15) is 4.79 Å². The van der Waals surface area contributed by atoms with Crippen molar-refractivity contribution in [3.8, 4) is 5.88 Å². The summed E-state index contributed by atoms with van der Waals surface area (Å²) in [6.45, 7) is 0.295. The molecule has 0 saturated heterocycles. The monoisotopic (exact) mass is 275 g/mol. The van der Waals surface area contributed by atoms with Crippen molar-refractivity contribution in [2.75, 3.05) is 7.11 Å². The maximum atomic E-state index is 11.8. The van der Waals surface area contributed by atoms with E-state index in [1.54, 1.807) is 0 Å². The van der Waals surface area contributed by atoms with Gasteiger partial charge < -0.3 is 10.5 Å². The van der Waals surface area contributed by atoms with Crippen LogP contribution in [0.25, 0.3) is 0 Å². The molecule has 5 nitrogen and oxygen atoms in total. The first-order chi connectivity index (χ1) is 9.11. The first-order valence-electron chi connectivity index (χ1n) is 5.61. The predicted octanol–water partition coefficient (Wildman–Crippen LogP) is 0.934. The smallest absolute Gasteiger partial charge is 0.267 e. The van der Waals surface area contributed by atoms with Crippen LogP contribution >= 0.6 is 12.2 Å². The number of aromatic nitrogens is 2. The lowest BCUT2D eigenvalue weighted by Crippen LogP contribution is -2.24. The number of methoxy groups -OCH3 is 1. The Bertz CT molecular complexity index is 667. The summed E-state index contributed by atoms with van der Waals surface area (Å²) in [5.74, 6) is 0.382. The minimum Gasteiger partial charge on any atom is -0.480 e. The summed E-state index contributed by atoms with van der Waals surface area (Å²) in [5.41, 5.74) is 7.04. The van der Waals surface area contributed by atoms with E-state index in [1.165, 1.54) is 23.9 Å². The fraction of sp³-hybridized carbons (Fsp3) is 0.154. The molecule has 19 heavy (non-hydrogen) atoms. The van der Waals surface area contributed by atoms with Gasteiger partial charge in [0, 0.05) is 17.7 Å². The quantitative estimate of drug-likeness (QED) is 0.841. The van der Waals surface area contributed by atoms with Gasteiger partial charge in [-0.2, -0.15) is 0 Å². The number of ether oxygens (including phenoxy) is 1. The van der Waals surface area contributed by atoms with Crippen molar-refractivity contribution in [3.05, 3.63) is 57.9 Å². The Morgan fingerprint density at radius 1 is 1.37 bits per heavy atom. The van der Waals surface area contributed by atoms with E-state index >= 15 is 0 Å². The van der Waals surface area contributed by atoms with Gasteiger partial charge in [0.1, 0.15) is 4.99 Å². The average Bonchev–Trinajstić information content (AvgIpc) is 2.41. The molecule has 1 heterocycles. The van der Waals surface area contributed by atoms with E-state index in [0.29, 0.717) is 17.4 Å². The Balaban J connectivity index is 2.41. The van der Waals surface area contributed by atoms with E-state index in [0.717, 1.165) is 11.1 Å². The van der Waals surface area contributed by atoms with Gasteiger partial charge in [0.15, 0.2) is 0 Å². The van der Waals surface area contributed by atoms with Crippen LogP contribution < -0.4 is 16.0 Å². The van der Waals surface area contributed by atoms with E-state index in [-0.39, 0.29) is 5.56 Å². The van der Waals surface area contributed by atoms with Crippen molar-refractivity contribution in [1.82, 2.24) is 9.78 Å². The number of hydrogen-bond acceptors (Lipinski definition) is 4. The lowest BCUT2D eigenvalue weighted by Gasteiger charge is -2.10. The normalized spacial score (nSPS) is 10.2. The first kappa shape index (κ1) is 13.2. The lowest BCUT2D eigenvalue weighted by atomic mass is 10.1. The molecule has 98 valence electrons. The van der Waals surface area contributed by atoms with Crippen LogP contribution in [-0.2, 0) is 6.54 Å². The number of rotatable bonds is 4. The molecule has 0 aliphatic carbocycles. The van der Waals surface area contributed by atoms with Crippen LogP contribution in [0.2, 0.25) is 0 Å². The zero-order valence-corrected chi connectivity index (χ0v) is 11.2. The van der Waals surface area contributed by atoms with Crippen molar-refractivity contribution in [1.29, 1.82) is 0 Å². The molecule has 0 amide bonds. The standard InChI is InChI=1S/C13H13N3O2S/c1-18-11-6-7-12(17)16(15-11)8-9-4-2-3-5-10(9)13(14)19/h2-7H,8H2,1H3,(H2,14,19). The zero-order valence-electron chi connectivity index (χ0n) is 10.4. The maximum absolute atomic E-state index is 11.8. The molecule has 0 spiro atoms. The topological polar surface area (TPSA) is 70.1 Å². The van der Waals surface area contributed by atoms with E-state index < -0.39 is 0 Å². The molecule has 0 radical (unpaired) electrons. The van der Waals surface area contributed by atoms with Crippen molar-refractivity contribution in [2.45, 2.75) is 6.54 Å². The molecule has 2 N–H and O–H groups in total. The summed E-state index contributed by atoms with van der Waals surface area (Å²) in [5, 5.41) is 4.08. The minimum atomic E-state index is -0.210. The second-order valence-electron chi connectivity index (χ2n) is 3.89. The first-order valence-corrected chi connectivity index (χ1v) is 6.02. The Morgan fingerprint density at radius 2 is 2.11 bits per heavy atom. The van der Waals surface area contributed by atoms with E-state index in [2.05, 4.69) is 5.10 Å². The lowest BCUT2D eigenvalue weighted by molar-refractivity contribution is 0.379. The van der Waals surface area contributed by atoms with Crippen molar-refractivity contribution in [2.24, 2.45) is 5.73 Å². The Kier molecular flexibility index (Phi) is 3.91. The number of nitrogens with two attached hydrogens (primary N) is 1. The number of thiocarbonyl (C=S) groups is 1. The van der Waals surface area contributed by atoms with Gasteiger partial charge in [-0.05, 0) is 5.56 Å². The van der Waals surface area contributed by atoms with Gasteiger partial charge in [-0.25, -0.2) is 4.68 Å². The van der Waals surface area contributed by atoms with Crippen LogP contribution in [0.4, 0.5) is 0 Å². The third-order valence-electron chi connectivity index (χ3n) is 2.65. The third-order valence-corrected chi connectivity index (χ3v) is 2.87. The summed E-state index contributed by atoms with van der Waals surface area (Å²) in [4.78, 5) is 12.1. The van der Waals surface area contributed by atoms with E-state index in [4.69, 9.17) is 22.7 Å². The van der Waals surface area contributed by atoms with Crippen LogP contribution in [0.5, 0.6) is 5.88 Å². The molecular weight excluding hydrogens is 262 g/mol. The largest absolute Gasteiger partial charge is 0.480 e. The molecule has 0 unspecified atom stereocenters. The Hall–Kier alpha value is -2.21. The molecule has 1 aromatic carbocycles. The van der Waals surface area contributed by atoms with Gasteiger partial charge in [0.2, 0.25) is 5.88 Å². The molecule has 6 heteroatoms. The second-order valence-corrected chi connectivity index (χ2v) is 4.33. The zero-order chi connectivity index (χ0) is 13.8. The fourth-order valence-corrected chi connectivity index (χ4v) is 1.91. The molecule has 0 aliphatic rings. The van der Waals surface area contributed by atoms with Crippen LogP contribution in [0.15, 0.2) is 41.2 Å². The van der Waals surface area contributed by atoms with Crippen molar-refractivity contribution < 1.29 is 4.74 Å². The SMILES string of the molecule is COc1ccc(=O)n(Cc2ccccc2C(N)=S)n1. The fourth-order valence-electron chi connectivity index (χ4n) is 1.71. The molecule has 0 fully saturated rings. The van der Waals surface area contributed by atoms with Crippen molar-refractivity contribution >= 4 is 17.2 Å². The second kappa shape index (κ2) is 5.62. The highest BCUT2D eigenvalue weighted by atomic mass is 32.1. The molecule has 0 atom stereocenters. The van der Waals surface area contributed by atoms with Crippen LogP contribution in [0.1, 0.15) is 11.1 Å². The van der Waals surface area contributed by atoms with Gasteiger partial charge in [0.05, 0.1) is 13.7 Å². The highest BCUT2D eigenvalue weighted by molar-refractivity contribution is 7.80. The Morgan fingerprint density at radius 3 is 2.79 bits per heavy atom. The van der Waals surface area contributed by atoms with Crippen LogP contribution in [0, 0.1) is 0 Å². The van der Waals surface area contributed by atoms with Gasteiger partial charge in [-0.15, -0.1) is 5.10 Å². The van der Waals surface area contributed by atoms with Gasteiger partial charge in [-0.3, -0.25) is 4.79 Å². The summed E-state index contributed by atoms with van der Waals surface area (Å²) in [6.07, 6.45) is 0. The molecule has 0 saturated carbocycles. The summed E-state index contributed by atoms with van der Waals surface area (Å²) < 4.78 is 6.32. The number of benzene rings is 1. The summed E-state index contributed by atoms with van der Waals surface area (Å²) in [7, 11) is 1.50. The molecule has 1 aromatic heterocycles. The maximum Gasteiger partial charge on any atom is 0.267 e. The summed E-state index contributed by atoms with van der Waals surface area (Å²) in [6, 6.07) is 10.3. The summed E-state index contributed by atoms with van der Waals surface area (Å²) >= 11 is 4.99. The van der Waals surface area contributed by atoms with Crippen molar-refractivity contribution in [3.63, 3.8) is 0 Å². The highest BCUT2D eigenvalue weighted by Crippen LogP contribution is 2.10. The Labute approximate surface area is 115 Å². The highest BCUT2D eigenvalue weighted by Gasteiger charge is 2.07. The molecule has 0 aliphatic heterocycles. The number of nitrogens with zero attached hydrogens (tertiary/aromatic N) is 2. The minimum absolute atomic E-state index is 0.210. The van der Waals surface area contributed by atoms with Gasteiger partial charge in [-0.1, -0.05) is 36.5 Å². The predicted molar refractivity (Wildman–Crippen MR) is 76.5 cm³/mol. The molecule has 0 bridgehead atoms.